The molecule has 0 aliphatic rings. The molecule has 0 aromatic heterocycles. The molecule has 0 aliphatic carbocycles. The van der Waals surface area contributed by atoms with E-state index in [4.69, 9.17) is 11.5 Å². The number of carboxylic acids is 1. The molecule has 0 saturated carbocycles. The fourth-order valence-corrected chi connectivity index (χ4v) is 3.45. The molecule has 0 spiro atoms. The first-order chi connectivity index (χ1) is 17.7. The molecule has 1 rings (SSSR count). The van der Waals surface area contributed by atoms with Gasteiger partial charge in [-0.1, -0.05) is 58.0 Å². The van der Waals surface area contributed by atoms with Crippen molar-refractivity contribution in [3.63, 3.8) is 0 Å². The quantitative estimate of drug-likeness (QED) is 0.138. The van der Waals surface area contributed by atoms with E-state index in [0.29, 0.717) is 0 Å². The summed E-state index contributed by atoms with van der Waals surface area (Å²) in [6.45, 7) is 6.12. The number of nitrogens with one attached hydrogen (secondary N) is 4. The van der Waals surface area contributed by atoms with Crippen molar-refractivity contribution in [2.45, 2.75) is 64.7 Å². The summed E-state index contributed by atoms with van der Waals surface area (Å²) in [5.74, 6) is -5.56. The van der Waals surface area contributed by atoms with Gasteiger partial charge in [-0.15, -0.1) is 0 Å². The van der Waals surface area contributed by atoms with Gasteiger partial charge in [0.2, 0.25) is 29.5 Å². The number of hydrogen-bond acceptors (Lipinski definition) is 7. The van der Waals surface area contributed by atoms with Crippen LogP contribution in [0.3, 0.4) is 0 Å². The maximum atomic E-state index is 12.9. The second-order valence-electron chi connectivity index (χ2n) is 9.60. The lowest BCUT2D eigenvalue weighted by atomic mass is 10.0. The number of rotatable bonds is 15. The minimum absolute atomic E-state index is 0.0755. The number of carbonyl (C=O) groups is 6. The molecule has 210 valence electrons. The van der Waals surface area contributed by atoms with E-state index in [2.05, 4.69) is 21.3 Å². The van der Waals surface area contributed by atoms with E-state index >= 15 is 0 Å². The Labute approximate surface area is 221 Å². The van der Waals surface area contributed by atoms with Crippen molar-refractivity contribution in [2.24, 2.45) is 23.3 Å². The molecule has 13 heteroatoms. The van der Waals surface area contributed by atoms with Gasteiger partial charge in [0.15, 0.2) is 0 Å². The smallest absolute Gasteiger partial charge is 0.326 e. The first-order valence-electron chi connectivity index (χ1n) is 12.2. The first-order valence-corrected chi connectivity index (χ1v) is 12.2. The minimum atomic E-state index is -1.26. The maximum absolute atomic E-state index is 12.9. The molecule has 0 saturated heterocycles. The molecule has 5 amide bonds. The van der Waals surface area contributed by atoms with Crippen LogP contribution in [0, 0.1) is 11.8 Å². The van der Waals surface area contributed by atoms with Crippen molar-refractivity contribution < 1.29 is 33.9 Å². The van der Waals surface area contributed by atoms with Crippen LogP contribution in [-0.4, -0.2) is 71.3 Å². The molecule has 13 nitrogen and oxygen atoms in total. The van der Waals surface area contributed by atoms with Gasteiger partial charge in [-0.3, -0.25) is 24.0 Å². The number of carbonyl (C=O) groups excluding carboxylic acids is 5. The lowest BCUT2D eigenvalue weighted by Gasteiger charge is -2.25. The minimum Gasteiger partial charge on any atom is -0.480 e. The summed E-state index contributed by atoms with van der Waals surface area (Å²) in [5.41, 5.74) is 11.5. The van der Waals surface area contributed by atoms with Crippen LogP contribution in [0.4, 0.5) is 0 Å². The van der Waals surface area contributed by atoms with Crippen molar-refractivity contribution in [3.05, 3.63) is 35.9 Å². The van der Waals surface area contributed by atoms with Gasteiger partial charge >= 0.3 is 5.97 Å². The van der Waals surface area contributed by atoms with E-state index in [9.17, 15) is 33.9 Å². The lowest BCUT2D eigenvalue weighted by molar-refractivity contribution is -0.143. The number of primary amides is 1. The highest BCUT2D eigenvalue weighted by molar-refractivity contribution is 5.95. The normalized spacial score (nSPS) is 14.1. The summed E-state index contributed by atoms with van der Waals surface area (Å²) in [7, 11) is 0. The molecular formula is C25H38N6O7. The van der Waals surface area contributed by atoms with Crippen LogP contribution in [-0.2, 0) is 35.2 Å². The zero-order valence-electron chi connectivity index (χ0n) is 22.0. The van der Waals surface area contributed by atoms with Crippen LogP contribution in [0.15, 0.2) is 30.3 Å². The van der Waals surface area contributed by atoms with Crippen LogP contribution >= 0.6 is 0 Å². The topological polar surface area (TPSA) is 223 Å². The molecule has 1 aromatic rings. The Morgan fingerprint density at radius 1 is 0.816 bits per heavy atom. The van der Waals surface area contributed by atoms with Gasteiger partial charge in [-0.2, -0.15) is 0 Å². The van der Waals surface area contributed by atoms with Gasteiger partial charge in [0.25, 0.3) is 0 Å². The third kappa shape index (κ3) is 10.9. The molecule has 0 heterocycles. The van der Waals surface area contributed by atoms with Gasteiger partial charge in [-0.25, -0.2) is 4.79 Å². The summed E-state index contributed by atoms with van der Waals surface area (Å²) >= 11 is 0. The van der Waals surface area contributed by atoms with Crippen molar-refractivity contribution in [3.8, 4) is 0 Å². The highest BCUT2D eigenvalue weighted by Gasteiger charge is 2.31. The van der Waals surface area contributed by atoms with E-state index < -0.39 is 72.6 Å². The summed E-state index contributed by atoms with van der Waals surface area (Å²) in [5, 5.41) is 19.2. The summed E-state index contributed by atoms with van der Waals surface area (Å²) in [4.78, 5) is 73.1. The number of nitrogens with two attached hydrogens (primary N) is 2. The zero-order valence-corrected chi connectivity index (χ0v) is 22.0. The Hall–Kier alpha value is -4.00. The predicted octanol–water partition coefficient (Wildman–Crippen LogP) is -1.60. The molecule has 0 radical (unpaired) electrons. The van der Waals surface area contributed by atoms with Gasteiger partial charge in [-0.05, 0) is 17.4 Å². The fourth-order valence-electron chi connectivity index (χ4n) is 3.45. The number of aliphatic carboxylic acids is 1. The molecule has 0 bridgehead atoms. The molecule has 0 fully saturated rings. The zero-order chi connectivity index (χ0) is 29.0. The van der Waals surface area contributed by atoms with Gasteiger partial charge < -0.3 is 37.8 Å². The SMILES string of the molecule is CC(C)[C@H](NC(=O)[C@@H](NC(=O)CNC(=O)[C@H](Cc1ccccc1)NC(=O)[C@@H](N)CC(N)=O)C(C)C)C(=O)O. The molecule has 1 aromatic carbocycles. The van der Waals surface area contributed by atoms with Crippen LogP contribution in [0.1, 0.15) is 39.7 Å². The average Bonchev–Trinajstić information content (AvgIpc) is 2.83. The van der Waals surface area contributed by atoms with Crippen molar-refractivity contribution in [2.75, 3.05) is 6.54 Å². The van der Waals surface area contributed by atoms with E-state index in [1.807, 2.05) is 0 Å². The Bertz CT molecular complexity index is 999. The second kappa shape index (κ2) is 15.3. The summed E-state index contributed by atoms with van der Waals surface area (Å²) in [6.07, 6.45) is -0.335. The molecule has 38 heavy (non-hydrogen) atoms. The fraction of sp³-hybridized carbons (Fsp3) is 0.520. The number of benzene rings is 1. The van der Waals surface area contributed by atoms with Crippen LogP contribution < -0.4 is 32.7 Å². The predicted molar refractivity (Wildman–Crippen MR) is 138 cm³/mol. The van der Waals surface area contributed by atoms with Crippen molar-refractivity contribution in [1.82, 2.24) is 21.3 Å². The monoisotopic (exact) mass is 534 g/mol. The van der Waals surface area contributed by atoms with E-state index in [1.54, 1.807) is 58.0 Å². The van der Waals surface area contributed by atoms with Crippen molar-refractivity contribution in [1.29, 1.82) is 0 Å². The van der Waals surface area contributed by atoms with E-state index in [1.165, 1.54) is 0 Å². The lowest BCUT2D eigenvalue weighted by Crippen LogP contribution is -2.57. The van der Waals surface area contributed by atoms with Gasteiger partial charge in [0.1, 0.15) is 18.1 Å². The number of hydrogen-bond donors (Lipinski definition) is 7. The second-order valence-corrected chi connectivity index (χ2v) is 9.60. The highest BCUT2D eigenvalue weighted by atomic mass is 16.4. The van der Waals surface area contributed by atoms with Crippen LogP contribution in [0.5, 0.6) is 0 Å². The van der Waals surface area contributed by atoms with Crippen LogP contribution in [0.2, 0.25) is 0 Å². The first kappa shape index (κ1) is 32.0. The maximum Gasteiger partial charge on any atom is 0.326 e. The van der Waals surface area contributed by atoms with Crippen molar-refractivity contribution >= 4 is 35.5 Å². The van der Waals surface area contributed by atoms with E-state index in [-0.39, 0.29) is 18.3 Å². The Kier molecular flexibility index (Phi) is 12.9. The standard InChI is InChI=1S/C25H38N6O7/c1-13(2)20(24(36)31-21(14(3)4)25(37)38)30-19(33)12-28-23(35)17(10-15-8-6-5-7-9-15)29-22(34)16(26)11-18(27)32/h5-9,13-14,16-17,20-21H,10-12,26H2,1-4H3,(H2,27,32)(H,28,35)(H,29,34)(H,30,33)(H,31,36)(H,37,38)/t16-,17-,20-,21-/m0/s1. The Balaban J connectivity index is 2.87. The molecule has 0 aliphatic heterocycles. The molecule has 9 N–H and O–H groups in total. The summed E-state index contributed by atoms with van der Waals surface area (Å²) < 4.78 is 0. The van der Waals surface area contributed by atoms with E-state index in [0.717, 1.165) is 5.56 Å². The third-order valence-corrected chi connectivity index (χ3v) is 5.59. The molecule has 0 unspecified atom stereocenters. The molecular weight excluding hydrogens is 496 g/mol. The average molecular weight is 535 g/mol. The Morgan fingerprint density at radius 3 is 1.89 bits per heavy atom. The highest BCUT2D eigenvalue weighted by Crippen LogP contribution is 2.07. The van der Waals surface area contributed by atoms with Crippen LogP contribution in [0.25, 0.3) is 0 Å². The number of carboxylic acid groups (broad SMARTS) is 1. The Morgan fingerprint density at radius 2 is 1.39 bits per heavy atom. The van der Waals surface area contributed by atoms with Gasteiger partial charge in [0.05, 0.1) is 19.0 Å². The van der Waals surface area contributed by atoms with Gasteiger partial charge in [0, 0.05) is 6.42 Å². The number of amides is 5. The molecule has 4 atom stereocenters. The largest absolute Gasteiger partial charge is 0.480 e. The summed E-state index contributed by atoms with van der Waals surface area (Å²) in [6, 6.07) is 4.22. The third-order valence-electron chi connectivity index (χ3n) is 5.59.